The Hall–Kier alpha value is -3.59. The molecule has 0 radical (unpaired) electrons. The fourth-order valence-electron chi connectivity index (χ4n) is 2.81. The minimum Gasteiger partial charge on any atom is -0.497 e. The van der Waals surface area contributed by atoms with Gasteiger partial charge in [0.2, 0.25) is 0 Å². The Morgan fingerprint density at radius 1 is 1.21 bits per heavy atom. The summed E-state index contributed by atoms with van der Waals surface area (Å²) in [6.45, 7) is 0. The maximum atomic E-state index is 13.8. The van der Waals surface area contributed by atoms with Gasteiger partial charge in [-0.15, -0.1) is 11.3 Å². The molecule has 1 amide bonds. The van der Waals surface area contributed by atoms with Crippen molar-refractivity contribution in [1.82, 2.24) is 9.38 Å². The van der Waals surface area contributed by atoms with Crippen LogP contribution in [0.5, 0.6) is 5.75 Å². The Morgan fingerprint density at radius 2 is 2.03 bits per heavy atom. The van der Waals surface area contributed by atoms with Gasteiger partial charge in [-0.3, -0.25) is 14.0 Å². The summed E-state index contributed by atoms with van der Waals surface area (Å²) < 4.78 is 33.4. The molecule has 2 aromatic carbocycles. The summed E-state index contributed by atoms with van der Waals surface area (Å²) in [6.07, 6.45) is 1.14. The maximum absolute atomic E-state index is 13.8. The summed E-state index contributed by atoms with van der Waals surface area (Å²) in [5.41, 5.74) is 0.146. The summed E-state index contributed by atoms with van der Waals surface area (Å²) in [4.78, 5) is 30.1. The number of carbonyl (C=O) groups is 1. The molecule has 4 rings (SSSR count). The normalized spacial score (nSPS) is 10.9. The van der Waals surface area contributed by atoms with Crippen LogP contribution in [-0.2, 0) is 0 Å². The molecule has 2 heterocycles. The van der Waals surface area contributed by atoms with E-state index in [4.69, 9.17) is 4.74 Å². The van der Waals surface area contributed by atoms with E-state index in [-0.39, 0.29) is 11.3 Å². The van der Waals surface area contributed by atoms with Crippen molar-refractivity contribution in [3.8, 4) is 17.0 Å². The second-order valence-electron chi connectivity index (χ2n) is 6.03. The van der Waals surface area contributed by atoms with Crippen LogP contribution < -0.4 is 15.6 Å². The van der Waals surface area contributed by atoms with Crippen LogP contribution in [0.15, 0.2) is 58.8 Å². The van der Waals surface area contributed by atoms with Crippen molar-refractivity contribution in [3.05, 3.63) is 81.6 Å². The Bertz CT molecular complexity index is 1300. The topological polar surface area (TPSA) is 72.7 Å². The van der Waals surface area contributed by atoms with E-state index in [0.29, 0.717) is 28.0 Å². The van der Waals surface area contributed by atoms with Crippen molar-refractivity contribution in [2.45, 2.75) is 0 Å². The molecule has 9 heteroatoms. The van der Waals surface area contributed by atoms with Crippen molar-refractivity contribution in [2.24, 2.45) is 0 Å². The number of ether oxygens (including phenoxy) is 1. The second kappa shape index (κ2) is 7.44. The van der Waals surface area contributed by atoms with E-state index in [0.717, 1.165) is 18.3 Å². The molecule has 0 fully saturated rings. The minimum absolute atomic E-state index is 0.237. The van der Waals surface area contributed by atoms with Crippen LogP contribution in [0.3, 0.4) is 0 Å². The number of nitrogens with zero attached hydrogens (tertiary/aromatic N) is 2. The second-order valence-corrected chi connectivity index (χ2v) is 6.86. The molecule has 29 heavy (non-hydrogen) atoms. The monoisotopic (exact) mass is 413 g/mol. The lowest BCUT2D eigenvalue weighted by molar-refractivity contribution is 0.102. The number of hydrogen-bond donors (Lipinski definition) is 1. The first-order valence-corrected chi connectivity index (χ1v) is 9.26. The maximum Gasteiger partial charge on any atom is 0.271 e. The first-order chi connectivity index (χ1) is 14.0. The molecule has 0 aliphatic rings. The molecule has 0 unspecified atom stereocenters. The van der Waals surface area contributed by atoms with Crippen molar-refractivity contribution in [3.63, 3.8) is 0 Å². The smallest absolute Gasteiger partial charge is 0.271 e. The van der Waals surface area contributed by atoms with Crippen LogP contribution in [0, 0.1) is 11.6 Å². The highest BCUT2D eigenvalue weighted by atomic mass is 32.1. The number of thiazole rings is 1. The van der Waals surface area contributed by atoms with Crippen molar-refractivity contribution >= 4 is 27.9 Å². The number of nitrogens with one attached hydrogen (secondary N) is 1. The number of halogens is 2. The predicted octanol–water partition coefficient (Wildman–Crippen LogP) is 3.96. The molecule has 0 bridgehead atoms. The van der Waals surface area contributed by atoms with Crippen LogP contribution in [0.2, 0.25) is 0 Å². The van der Waals surface area contributed by atoms with E-state index in [1.54, 1.807) is 29.6 Å². The molecule has 2 aromatic heterocycles. The average molecular weight is 413 g/mol. The third-order valence-corrected chi connectivity index (χ3v) is 5.08. The summed E-state index contributed by atoms with van der Waals surface area (Å²) in [7, 11) is 1.54. The first kappa shape index (κ1) is 18.8. The van der Waals surface area contributed by atoms with E-state index in [1.165, 1.54) is 22.8 Å². The van der Waals surface area contributed by atoms with Crippen LogP contribution in [0.1, 0.15) is 10.4 Å². The highest BCUT2D eigenvalue weighted by Crippen LogP contribution is 2.27. The summed E-state index contributed by atoms with van der Waals surface area (Å²) in [5, 5.41) is 4.03. The van der Waals surface area contributed by atoms with Gasteiger partial charge in [0, 0.05) is 23.2 Å². The Labute approximate surface area is 167 Å². The minimum atomic E-state index is -0.944. The lowest BCUT2D eigenvalue weighted by Gasteiger charge is -2.08. The SMILES string of the molecule is COc1cccc(-c2csc3ncc(C(=O)Nc4ccc(F)cc4F)c(=O)n23)c1. The standard InChI is InChI=1S/C20H13F2N3O3S/c1-28-13-4-2-3-11(7-13)17-10-29-20-23-9-14(19(27)25(17)20)18(26)24-16-6-5-12(21)8-15(16)22/h2-10H,1H3,(H,24,26). The van der Waals surface area contributed by atoms with Crippen molar-refractivity contribution < 1.29 is 18.3 Å². The fourth-order valence-corrected chi connectivity index (χ4v) is 3.67. The third-order valence-electron chi connectivity index (χ3n) is 4.24. The number of amides is 1. The molecular weight excluding hydrogens is 400 g/mol. The van der Waals surface area contributed by atoms with Gasteiger partial charge in [0.1, 0.15) is 22.9 Å². The van der Waals surface area contributed by atoms with Gasteiger partial charge in [-0.2, -0.15) is 0 Å². The van der Waals surface area contributed by atoms with Crippen molar-refractivity contribution in [2.75, 3.05) is 12.4 Å². The molecular formula is C20H13F2N3O3S. The highest BCUT2D eigenvalue weighted by molar-refractivity contribution is 7.15. The van der Waals surface area contributed by atoms with Gasteiger partial charge in [0.25, 0.3) is 11.5 Å². The van der Waals surface area contributed by atoms with E-state index < -0.39 is 23.1 Å². The zero-order chi connectivity index (χ0) is 20.5. The molecule has 0 saturated heterocycles. The van der Waals surface area contributed by atoms with Crippen LogP contribution >= 0.6 is 11.3 Å². The van der Waals surface area contributed by atoms with Gasteiger partial charge in [0.15, 0.2) is 4.96 Å². The highest BCUT2D eigenvalue weighted by Gasteiger charge is 2.18. The fraction of sp³-hybridized carbons (Fsp3) is 0.0500. The molecule has 6 nitrogen and oxygen atoms in total. The number of aromatic nitrogens is 2. The van der Waals surface area contributed by atoms with Gasteiger partial charge in [-0.25, -0.2) is 13.8 Å². The zero-order valence-corrected chi connectivity index (χ0v) is 15.8. The molecule has 0 aliphatic heterocycles. The predicted molar refractivity (Wildman–Crippen MR) is 106 cm³/mol. The van der Waals surface area contributed by atoms with Gasteiger partial charge < -0.3 is 10.1 Å². The summed E-state index contributed by atoms with van der Waals surface area (Å²) in [6, 6.07) is 9.85. The number of fused-ring (bicyclic) bond motifs is 1. The quantitative estimate of drug-likeness (QED) is 0.550. The van der Waals surface area contributed by atoms with Gasteiger partial charge in [-0.05, 0) is 24.3 Å². The molecule has 0 saturated carbocycles. The van der Waals surface area contributed by atoms with Crippen LogP contribution in [0.25, 0.3) is 16.2 Å². The first-order valence-electron chi connectivity index (χ1n) is 8.38. The number of hydrogen-bond acceptors (Lipinski definition) is 5. The lowest BCUT2D eigenvalue weighted by Crippen LogP contribution is -2.26. The molecule has 1 N–H and O–H groups in total. The largest absolute Gasteiger partial charge is 0.497 e. The average Bonchev–Trinajstić information content (AvgIpc) is 3.15. The zero-order valence-electron chi connectivity index (χ0n) is 15.0. The number of methoxy groups -OCH3 is 1. The summed E-state index contributed by atoms with van der Waals surface area (Å²) in [5.74, 6) is -1.95. The molecule has 0 spiro atoms. The van der Waals surface area contributed by atoms with Gasteiger partial charge in [-0.1, -0.05) is 12.1 Å². The number of anilines is 1. The Balaban J connectivity index is 1.77. The van der Waals surface area contributed by atoms with E-state index >= 15 is 0 Å². The Morgan fingerprint density at radius 3 is 2.79 bits per heavy atom. The molecule has 4 aromatic rings. The van der Waals surface area contributed by atoms with Crippen LogP contribution in [0.4, 0.5) is 14.5 Å². The van der Waals surface area contributed by atoms with Crippen molar-refractivity contribution in [1.29, 1.82) is 0 Å². The molecule has 0 atom stereocenters. The van der Waals surface area contributed by atoms with Crippen LogP contribution in [-0.4, -0.2) is 22.4 Å². The molecule has 0 aliphatic carbocycles. The number of carbonyl (C=O) groups excluding carboxylic acids is 1. The van der Waals surface area contributed by atoms with Gasteiger partial charge in [0.05, 0.1) is 18.5 Å². The third kappa shape index (κ3) is 3.47. The van der Waals surface area contributed by atoms with E-state index in [2.05, 4.69) is 10.3 Å². The number of rotatable bonds is 4. The van der Waals surface area contributed by atoms with Gasteiger partial charge >= 0.3 is 0 Å². The van der Waals surface area contributed by atoms with E-state index in [9.17, 15) is 18.4 Å². The molecule has 146 valence electrons. The number of benzene rings is 2. The lowest BCUT2D eigenvalue weighted by atomic mass is 10.1. The Kier molecular flexibility index (Phi) is 4.81. The van der Waals surface area contributed by atoms with E-state index in [1.807, 2.05) is 0 Å². The summed E-state index contributed by atoms with van der Waals surface area (Å²) >= 11 is 1.24.